The van der Waals surface area contributed by atoms with Gasteiger partial charge in [-0.15, -0.1) is 0 Å². The molecule has 0 fully saturated rings. The third kappa shape index (κ3) is 9.75. The van der Waals surface area contributed by atoms with Crippen LogP contribution in [-0.2, 0) is 10.1 Å². The largest absolute Gasteiger partial charge is 1.00 e. The van der Waals surface area contributed by atoms with E-state index in [0.29, 0.717) is 19.3 Å². The molecule has 0 aliphatic rings. The molecule has 0 saturated heterocycles. The first-order valence-electron chi connectivity index (χ1n) is 6.56. The summed E-state index contributed by atoms with van der Waals surface area (Å²) in [6, 6.07) is 0. The van der Waals surface area contributed by atoms with Gasteiger partial charge in [0.1, 0.15) is 10.1 Å². The number of rotatable bonds is 10. The smallest absolute Gasteiger partial charge is 0.748 e. The van der Waals surface area contributed by atoms with Gasteiger partial charge in [0.2, 0.25) is 0 Å². The zero-order valence-corrected chi connectivity index (χ0v) is 14.7. The van der Waals surface area contributed by atoms with Gasteiger partial charge < -0.3 is 9.66 Å². The van der Waals surface area contributed by atoms with Gasteiger partial charge >= 0.3 is 29.6 Å². The normalized spacial score (nSPS) is 14.9. The van der Waals surface area contributed by atoms with Crippen LogP contribution in [0.5, 0.6) is 0 Å². The van der Waals surface area contributed by atoms with Gasteiger partial charge in [-0.05, 0) is 12.8 Å². The van der Waals surface area contributed by atoms with Crippen molar-refractivity contribution in [2.24, 2.45) is 0 Å². The molecule has 0 aromatic heterocycles. The van der Waals surface area contributed by atoms with Crippen molar-refractivity contribution in [3.05, 3.63) is 0 Å². The van der Waals surface area contributed by atoms with Gasteiger partial charge in [0, 0.05) is 0 Å². The molecule has 1 N–H and O–H groups in total. The van der Waals surface area contributed by atoms with E-state index in [0.717, 1.165) is 25.7 Å². The van der Waals surface area contributed by atoms with E-state index in [9.17, 15) is 18.1 Å². The van der Waals surface area contributed by atoms with Gasteiger partial charge in [-0.1, -0.05) is 52.4 Å². The Bertz CT molecular complexity index is 280. The molecule has 0 spiro atoms. The topological polar surface area (TPSA) is 77.4 Å². The first kappa shape index (κ1) is 21.2. The molecule has 104 valence electrons. The second kappa shape index (κ2) is 11.7. The van der Waals surface area contributed by atoms with Crippen molar-refractivity contribution in [2.75, 3.05) is 0 Å². The molecule has 0 aromatic rings. The van der Waals surface area contributed by atoms with Crippen molar-refractivity contribution >= 4 is 10.1 Å². The fraction of sp³-hybridized carbons (Fsp3) is 1.00. The Morgan fingerprint density at radius 2 is 1.56 bits per heavy atom. The summed E-state index contributed by atoms with van der Waals surface area (Å²) in [7, 11) is -4.38. The van der Waals surface area contributed by atoms with Crippen LogP contribution in [-0.4, -0.2) is 29.4 Å². The van der Waals surface area contributed by atoms with Crippen LogP contribution in [0.3, 0.4) is 0 Å². The van der Waals surface area contributed by atoms with Crippen LogP contribution in [0.2, 0.25) is 0 Å². The van der Waals surface area contributed by atoms with Crippen LogP contribution in [0.15, 0.2) is 0 Å². The summed E-state index contributed by atoms with van der Waals surface area (Å²) in [5.74, 6) is 0. The average Bonchev–Trinajstić information content (AvgIpc) is 2.21. The molecule has 18 heavy (non-hydrogen) atoms. The standard InChI is InChI=1S/C12H26O4S.Na/c1-3-5-6-7-8-10-12(17(14,15)16)11(13)9-4-2;/h11-13H,3-10H2,1-2H3,(H,14,15,16);/q;+1/p-1. The molecule has 0 saturated carbocycles. The second-order valence-electron chi connectivity index (χ2n) is 4.59. The van der Waals surface area contributed by atoms with Gasteiger partial charge in [0.05, 0.1) is 11.4 Å². The van der Waals surface area contributed by atoms with E-state index in [2.05, 4.69) is 6.92 Å². The first-order valence-corrected chi connectivity index (χ1v) is 8.03. The minimum atomic E-state index is -4.38. The Kier molecular flexibility index (Phi) is 13.7. The van der Waals surface area contributed by atoms with Crippen molar-refractivity contribution in [1.82, 2.24) is 0 Å². The maximum Gasteiger partial charge on any atom is 1.00 e. The number of unbranched alkanes of at least 4 members (excludes halogenated alkanes) is 4. The molecule has 0 heterocycles. The van der Waals surface area contributed by atoms with Gasteiger partial charge in [0.15, 0.2) is 0 Å². The molecular weight excluding hydrogens is 263 g/mol. The fourth-order valence-electron chi connectivity index (χ4n) is 1.96. The molecule has 2 atom stereocenters. The predicted molar refractivity (Wildman–Crippen MR) is 67.8 cm³/mol. The number of hydrogen-bond acceptors (Lipinski definition) is 4. The Hall–Kier alpha value is 0.870. The van der Waals surface area contributed by atoms with Crippen LogP contribution >= 0.6 is 0 Å². The quantitative estimate of drug-likeness (QED) is 0.332. The van der Waals surface area contributed by atoms with Gasteiger partial charge in [0.25, 0.3) is 0 Å². The molecule has 0 aliphatic heterocycles. The molecule has 0 aliphatic carbocycles. The third-order valence-corrected chi connectivity index (χ3v) is 4.27. The summed E-state index contributed by atoms with van der Waals surface area (Å²) in [6.45, 7) is 3.97. The van der Waals surface area contributed by atoms with E-state index in [1.165, 1.54) is 0 Å². The van der Waals surface area contributed by atoms with E-state index in [1.807, 2.05) is 6.92 Å². The van der Waals surface area contributed by atoms with Crippen molar-refractivity contribution in [2.45, 2.75) is 76.6 Å². The Morgan fingerprint density at radius 3 is 2.00 bits per heavy atom. The second-order valence-corrected chi connectivity index (χ2v) is 6.18. The summed E-state index contributed by atoms with van der Waals surface area (Å²) in [5.41, 5.74) is 0. The minimum Gasteiger partial charge on any atom is -0.748 e. The van der Waals surface area contributed by atoms with Crippen LogP contribution in [0.25, 0.3) is 0 Å². The maximum absolute atomic E-state index is 11.1. The van der Waals surface area contributed by atoms with Crippen molar-refractivity contribution in [3.8, 4) is 0 Å². The van der Waals surface area contributed by atoms with E-state index in [-0.39, 0.29) is 36.0 Å². The molecule has 0 bridgehead atoms. The zero-order chi connectivity index (χ0) is 13.3. The van der Waals surface area contributed by atoms with Crippen molar-refractivity contribution in [3.63, 3.8) is 0 Å². The molecule has 0 aromatic carbocycles. The molecule has 4 nitrogen and oxygen atoms in total. The van der Waals surface area contributed by atoms with Crippen LogP contribution in [0.1, 0.15) is 65.2 Å². The number of aliphatic hydroxyl groups is 1. The number of aliphatic hydroxyl groups excluding tert-OH is 1. The summed E-state index contributed by atoms with van der Waals surface area (Å²) in [5, 5.41) is 8.55. The molecule has 0 radical (unpaired) electrons. The monoisotopic (exact) mass is 288 g/mol. The van der Waals surface area contributed by atoms with Gasteiger partial charge in [-0.2, -0.15) is 0 Å². The van der Waals surface area contributed by atoms with Crippen LogP contribution in [0, 0.1) is 0 Å². The van der Waals surface area contributed by atoms with Crippen molar-refractivity contribution < 1.29 is 47.6 Å². The van der Waals surface area contributed by atoms with E-state index in [4.69, 9.17) is 0 Å². The predicted octanol–water partition coefficient (Wildman–Crippen LogP) is -0.574. The zero-order valence-electron chi connectivity index (χ0n) is 11.9. The molecular formula is C12H25NaO4S. The van der Waals surface area contributed by atoms with E-state index >= 15 is 0 Å². The Balaban J connectivity index is 0. The van der Waals surface area contributed by atoms with Gasteiger partial charge in [-0.3, -0.25) is 0 Å². The maximum atomic E-state index is 11.1. The average molecular weight is 288 g/mol. The van der Waals surface area contributed by atoms with Gasteiger partial charge in [-0.25, -0.2) is 8.42 Å². The molecule has 0 rings (SSSR count). The van der Waals surface area contributed by atoms with E-state index < -0.39 is 21.5 Å². The van der Waals surface area contributed by atoms with E-state index in [1.54, 1.807) is 0 Å². The Morgan fingerprint density at radius 1 is 1.00 bits per heavy atom. The SMILES string of the molecule is CCCCCCCC(C(O)CCC)S(=O)(=O)[O-].[Na+]. The summed E-state index contributed by atoms with van der Waals surface area (Å²) < 4.78 is 33.2. The minimum absolute atomic E-state index is 0. The van der Waals surface area contributed by atoms with Crippen LogP contribution < -0.4 is 29.6 Å². The molecule has 2 unspecified atom stereocenters. The summed E-state index contributed by atoms with van der Waals surface area (Å²) in [6.07, 6.45) is 5.29. The molecule has 0 amide bonds. The van der Waals surface area contributed by atoms with Crippen molar-refractivity contribution in [1.29, 1.82) is 0 Å². The van der Waals surface area contributed by atoms with Crippen LogP contribution in [0.4, 0.5) is 0 Å². The first-order chi connectivity index (χ1) is 7.93. The fourth-order valence-corrected chi connectivity index (χ4v) is 2.94. The third-order valence-electron chi connectivity index (χ3n) is 2.98. The Labute approximate surface area is 134 Å². The summed E-state index contributed by atoms with van der Waals surface area (Å²) >= 11 is 0. The summed E-state index contributed by atoms with van der Waals surface area (Å²) in [4.78, 5) is 0. The number of hydrogen-bond donors (Lipinski definition) is 1. The molecule has 6 heteroatoms.